The van der Waals surface area contributed by atoms with Crippen molar-refractivity contribution in [2.75, 3.05) is 6.61 Å². The fourth-order valence-electron chi connectivity index (χ4n) is 1.99. The van der Waals surface area contributed by atoms with Gasteiger partial charge in [0.2, 0.25) is 0 Å². The first-order valence-corrected chi connectivity index (χ1v) is 6.24. The minimum absolute atomic E-state index is 0.0547. The van der Waals surface area contributed by atoms with Crippen LogP contribution < -0.4 is 5.32 Å². The molecule has 0 aliphatic carbocycles. The molecule has 1 atom stereocenters. The molecule has 2 N–H and O–H groups in total. The van der Waals surface area contributed by atoms with Gasteiger partial charge in [0.05, 0.1) is 17.1 Å². The van der Waals surface area contributed by atoms with Crippen LogP contribution in [0.25, 0.3) is 11.0 Å². The van der Waals surface area contributed by atoms with Crippen molar-refractivity contribution in [3.8, 4) is 0 Å². The van der Waals surface area contributed by atoms with Crippen LogP contribution in [-0.2, 0) is 7.05 Å². The van der Waals surface area contributed by atoms with Crippen molar-refractivity contribution in [2.24, 2.45) is 7.05 Å². The largest absolute Gasteiger partial charge is 0.396 e. The summed E-state index contributed by atoms with van der Waals surface area (Å²) >= 11 is 0. The zero-order chi connectivity index (χ0) is 14.0. The summed E-state index contributed by atoms with van der Waals surface area (Å²) in [7, 11) is 1.80. The maximum atomic E-state index is 12.2. The fourth-order valence-corrected chi connectivity index (χ4v) is 1.99. The van der Waals surface area contributed by atoms with Crippen LogP contribution in [0, 0.1) is 6.92 Å². The van der Waals surface area contributed by atoms with Crippen LogP contribution >= 0.6 is 0 Å². The number of rotatable bonds is 4. The Morgan fingerprint density at radius 1 is 1.58 bits per heavy atom. The van der Waals surface area contributed by atoms with Crippen molar-refractivity contribution in [3.63, 3.8) is 0 Å². The number of fused-ring (bicyclic) bond motifs is 1. The number of hydrogen-bond acceptors (Lipinski definition) is 4. The first-order chi connectivity index (χ1) is 9.02. The number of nitrogens with zero attached hydrogens (tertiary/aromatic N) is 3. The summed E-state index contributed by atoms with van der Waals surface area (Å²) < 4.78 is 1.65. The second kappa shape index (κ2) is 5.36. The third kappa shape index (κ3) is 2.73. The lowest BCUT2D eigenvalue weighted by Crippen LogP contribution is -2.33. The molecule has 0 unspecified atom stereocenters. The van der Waals surface area contributed by atoms with Crippen LogP contribution in [0.5, 0.6) is 0 Å². The molecule has 19 heavy (non-hydrogen) atoms. The van der Waals surface area contributed by atoms with E-state index in [1.807, 2.05) is 13.8 Å². The summed E-state index contributed by atoms with van der Waals surface area (Å²) in [6, 6.07) is 1.68. The predicted molar refractivity (Wildman–Crippen MR) is 71.9 cm³/mol. The van der Waals surface area contributed by atoms with Crippen LogP contribution in [0.4, 0.5) is 0 Å². The molecule has 1 amide bonds. The maximum absolute atomic E-state index is 12.2. The van der Waals surface area contributed by atoms with Crippen LogP contribution in [0.3, 0.4) is 0 Å². The Balaban J connectivity index is 2.36. The molecule has 2 rings (SSSR count). The van der Waals surface area contributed by atoms with E-state index in [2.05, 4.69) is 15.4 Å². The molecule has 0 aliphatic heterocycles. The summed E-state index contributed by atoms with van der Waals surface area (Å²) in [6.07, 6.45) is 2.18. The zero-order valence-corrected chi connectivity index (χ0v) is 11.3. The molecule has 6 nitrogen and oxygen atoms in total. The lowest BCUT2D eigenvalue weighted by Gasteiger charge is -2.13. The maximum Gasteiger partial charge on any atom is 0.252 e. The Hall–Kier alpha value is -1.95. The molecule has 102 valence electrons. The summed E-state index contributed by atoms with van der Waals surface area (Å²) in [5.41, 5.74) is 2.04. The molecular formula is C13H18N4O2. The Kier molecular flexibility index (Phi) is 3.80. The van der Waals surface area contributed by atoms with Gasteiger partial charge in [-0.15, -0.1) is 0 Å². The molecule has 0 saturated heterocycles. The number of nitrogens with one attached hydrogen (secondary N) is 1. The van der Waals surface area contributed by atoms with E-state index >= 15 is 0 Å². The van der Waals surface area contributed by atoms with Gasteiger partial charge in [-0.1, -0.05) is 0 Å². The van der Waals surface area contributed by atoms with Crippen LogP contribution in [0.2, 0.25) is 0 Å². The number of aliphatic hydroxyl groups excluding tert-OH is 1. The van der Waals surface area contributed by atoms with Crippen molar-refractivity contribution in [3.05, 3.63) is 23.5 Å². The Bertz CT molecular complexity index is 606. The monoisotopic (exact) mass is 262 g/mol. The van der Waals surface area contributed by atoms with Crippen molar-refractivity contribution in [1.29, 1.82) is 0 Å². The third-order valence-corrected chi connectivity index (χ3v) is 3.02. The fraction of sp³-hybridized carbons (Fsp3) is 0.462. The smallest absolute Gasteiger partial charge is 0.252 e. The van der Waals surface area contributed by atoms with Crippen molar-refractivity contribution < 1.29 is 9.90 Å². The molecule has 2 heterocycles. The van der Waals surface area contributed by atoms with Crippen LogP contribution in [0.1, 0.15) is 29.4 Å². The molecule has 0 radical (unpaired) electrons. The highest BCUT2D eigenvalue weighted by Gasteiger charge is 2.16. The van der Waals surface area contributed by atoms with Gasteiger partial charge >= 0.3 is 0 Å². The zero-order valence-electron chi connectivity index (χ0n) is 11.3. The first-order valence-electron chi connectivity index (χ1n) is 6.24. The van der Waals surface area contributed by atoms with E-state index in [0.717, 1.165) is 11.1 Å². The number of pyridine rings is 1. The number of carbonyl (C=O) groups is 1. The first kappa shape index (κ1) is 13.5. The van der Waals surface area contributed by atoms with Gasteiger partial charge < -0.3 is 10.4 Å². The molecule has 0 aromatic carbocycles. The quantitative estimate of drug-likeness (QED) is 0.853. The van der Waals surface area contributed by atoms with Gasteiger partial charge in [-0.3, -0.25) is 9.48 Å². The number of amides is 1. The molecule has 0 saturated carbocycles. The van der Waals surface area contributed by atoms with Crippen LogP contribution in [0.15, 0.2) is 12.3 Å². The molecule has 2 aromatic heterocycles. The number of carbonyl (C=O) groups excluding carboxylic acids is 1. The topological polar surface area (TPSA) is 80.0 Å². The summed E-state index contributed by atoms with van der Waals surface area (Å²) in [5, 5.41) is 16.6. The number of aryl methyl sites for hydroxylation is 2. The second-order valence-corrected chi connectivity index (χ2v) is 4.70. The highest BCUT2D eigenvalue weighted by molar-refractivity contribution is 6.05. The second-order valence-electron chi connectivity index (χ2n) is 4.70. The van der Waals surface area contributed by atoms with Gasteiger partial charge in [0.25, 0.3) is 5.91 Å². The van der Waals surface area contributed by atoms with Gasteiger partial charge in [-0.2, -0.15) is 5.10 Å². The lowest BCUT2D eigenvalue weighted by atomic mass is 10.1. The normalized spacial score (nSPS) is 12.6. The standard InChI is InChI=1S/C13H18N4O2/c1-8(4-5-18)16-13(19)10-6-9(2)15-12-11(10)7-14-17(12)3/h6-8,18H,4-5H2,1-3H3,(H,16,19)/t8-/m1/s1. The van der Waals surface area contributed by atoms with E-state index in [4.69, 9.17) is 5.11 Å². The molecule has 2 aromatic rings. The number of aromatic nitrogens is 3. The molecule has 0 bridgehead atoms. The Morgan fingerprint density at radius 2 is 2.32 bits per heavy atom. The van der Waals surface area contributed by atoms with Crippen LogP contribution in [-0.4, -0.2) is 38.4 Å². The molecule has 0 fully saturated rings. The average Bonchev–Trinajstić information content (AvgIpc) is 2.70. The number of aliphatic hydroxyl groups is 1. The Labute approximate surface area is 111 Å². The van der Waals surface area contributed by atoms with Crippen molar-refractivity contribution in [2.45, 2.75) is 26.3 Å². The number of hydrogen-bond donors (Lipinski definition) is 2. The molecular weight excluding hydrogens is 244 g/mol. The third-order valence-electron chi connectivity index (χ3n) is 3.02. The minimum atomic E-state index is -0.163. The molecule has 0 aliphatic rings. The molecule has 0 spiro atoms. The lowest BCUT2D eigenvalue weighted by molar-refractivity contribution is 0.0936. The van der Waals surface area contributed by atoms with E-state index in [9.17, 15) is 4.79 Å². The summed E-state index contributed by atoms with van der Waals surface area (Å²) in [6.45, 7) is 3.77. The van der Waals surface area contributed by atoms with Gasteiger partial charge in [0.1, 0.15) is 0 Å². The predicted octanol–water partition coefficient (Wildman–Crippen LogP) is 0.777. The highest BCUT2D eigenvalue weighted by Crippen LogP contribution is 2.17. The minimum Gasteiger partial charge on any atom is -0.396 e. The highest BCUT2D eigenvalue weighted by atomic mass is 16.3. The van der Waals surface area contributed by atoms with E-state index in [1.54, 1.807) is 24.0 Å². The van der Waals surface area contributed by atoms with E-state index < -0.39 is 0 Å². The Morgan fingerprint density at radius 3 is 3.00 bits per heavy atom. The van der Waals surface area contributed by atoms with Crippen molar-refractivity contribution in [1.82, 2.24) is 20.1 Å². The summed E-state index contributed by atoms with van der Waals surface area (Å²) in [5.74, 6) is -0.163. The van der Waals surface area contributed by atoms with Gasteiger partial charge in [-0.05, 0) is 26.3 Å². The van der Waals surface area contributed by atoms with Gasteiger partial charge in [-0.25, -0.2) is 4.98 Å². The van der Waals surface area contributed by atoms with Gasteiger partial charge in [0, 0.05) is 25.4 Å². The van der Waals surface area contributed by atoms with E-state index in [-0.39, 0.29) is 18.6 Å². The van der Waals surface area contributed by atoms with E-state index in [1.165, 1.54) is 0 Å². The summed E-state index contributed by atoms with van der Waals surface area (Å²) in [4.78, 5) is 16.6. The van der Waals surface area contributed by atoms with Crippen molar-refractivity contribution >= 4 is 16.9 Å². The van der Waals surface area contributed by atoms with E-state index in [0.29, 0.717) is 17.6 Å². The molecule has 6 heteroatoms. The average molecular weight is 262 g/mol. The SMILES string of the molecule is Cc1cc(C(=O)N[C@H](C)CCO)c2cnn(C)c2n1. The van der Waals surface area contributed by atoms with Gasteiger partial charge in [0.15, 0.2) is 5.65 Å².